The highest BCUT2D eigenvalue weighted by atomic mass is 35.5. The van der Waals surface area contributed by atoms with Crippen LogP contribution in [0, 0.1) is 0 Å². The first-order valence-corrected chi connectivity index (χ1v) is 10.2. The zero-order chi connectivity index (χ0) is 20.9. The summed E-state index contributed by atoms with van der Waals surface area (Å²) in [6, 6.07) is 24.2. The minimum atomic E-state index is -0.258. The van der Waals surface area contributed by atoms with Crippen LogP contribution in [0.4, 0.5) is 0 Å². The molecule has 0 aliphatic heterocycles. The molecule has 0 saturated carbocycles. The fourth-order valence-electron chi connectivity index (χ4n) is 3.20. The van der Waals surface area contributed by atoms with E-state index in [2.05, 4.69) is 20.6 Å². The average Bonchev–Trinajstić information content (AvgIpc) is 3.17. The lowest BCUT2D eigenvalue weighted by molar-refractivity contribution is 0.0976. The highest BCUT2D eigenvalue weighted by molar-refractivity contribution is 7.80. The van der Waals surface area contributed by atoms with E-state index in [1.165, 1.54) is 0 Å². The highest BCUT2D eigenvalue weighted by Crippen LogP contribution is 2.21. The van der Waals surface area contributed by atoms with Crippen LogP contribution >= 0.6 is 23.8 Å². The largest absolute Gasteiger partial charge is 0.355 e. The maximum atomic E-state index is 12.4. The van der Waals surface area contributed by atoms with E-state index in [1.807, 2.05) is 66.7 Å². The number of imidazole rings is 1. The van der Waals surface area contributed by atoms with Crippen molar-refractivity contribution in [1.29, 1.82) is 0 Å². The summed E-state index contributed by atoms with van der Waals surface area (Å²) in [7, 11) is 0. The fourth-order valence-corrected chi connectivity index (χ4v) is 3.56. The quantitative estimate of drug-likeness (QED) is 0.394. The summed E-state index contributed by atoms with van der Waals surface area (Å²) in [5, 5.41) is 6.89. The number of para-hydroxylation sites is 2. The molecular formula is C23H19ClN4OS. The molecule has 1 amide bonds. The van der Waals surface area contributed by atoms with Crippen molar-refractivity contribution in [3.05, 3.63) is 101 Å². The molecule has 1 atom stereocenters. The standard InChI is InChI=1S/C23H19ClN4OS/c24-17-12-10-15(11-13-17)20(14-21-25-18-8-4-5-9-19(18)26-21)27-23(30)28-22(29)16-6-2-1-3-7-16/h1-13,20H,14H2,(H,25,26)(H2,27,28,29,30). The molecule has 0 aliphatic carbocycles. The van der Waals surface area contributed by atoms with E-state index in [4.69, 9.17) is 23.8 Å². The van der Waals surface area contributed by atoms with Gasteiger partial charge < -0.3 is 10.3 Å². The Morgan fingerprint density at radius 3 is 2.43 bits per heavy atom. The number of aromatic amines is 1. The number of aromatic nitrogens is 2. The first-order chi connectivity index (χ1) is 14.6. The van der Waals surface area contributed by atoms with Crippen LogP contribution in [0.5, 0.6) is 0 Å². The zero-order valence-electron chi connectivity index (χ0n) is 15.9. The third kappa shape index (κ3) is 4.84. The Labute approximate surface area is 184 Å². The van der Waals surface area contributed by atoms with Crippen molar-refractivity contribution in [2.75, 3.05) is 0 Å². The fraction of sp³-hybridized carbons (Fsp3) is 0.0870. The van der Waals surface area contributed by atoms with Gasteiger partial charge in [-0.25, -0.2) is 4.98 Å². The molecule has 5 nitrogen and oxygen atoms in total. The molecule has 3 aromatic carbocycles. The predicted octanol–water partition coefficient (Wildman–Crippen LogP) is 4.80. The number of carbonyl (C=O) groups is 1. The summed E-state index contributed by atoms with van der Waals surface area (Å²) in [6.07, 6.45) is 0.553. The molecule has 0 aliphatic rings. The second-order valence-electron chi connectivity index (χ2n) is 6.80. The molecule has 1 aromatic heterocycles. The number of carbonyl (C=O) groups excluding carboxylic acids is 1. The van der Waals surface area contributed by atoms with Crippen LogP contribution in [0.15, 0.2) is 78.9 Å². The third-order valence-electron chi connectivity index (χ3n) is 4.68. The number of halogens is 1. The average molecular weight is 435 g/mol. The molecule has 150 valence electrons. The number of hydrogen-bond donors (Lipinski definition) is 3. The first-order valence-electron chi connectivity index (χ1n) is 9.44. The van der Waals surface area contributed by atoms with Crippen LogP contribution in [0.2, 0.25) is 5.02 Å². The molecule has 4 aromatic rings. The van der Waals surface area contributed by atoms with Crippen molar-refractivity contribution in [2.24, 2.45) is 0 Å². The Morgan fingerprint density at radius 2 is 1.70 bits per heavy atom. The molecule has 1 heterocycles. The number of nitrogens with zero attached hydrogens (tertiary/aromatic N) is 1. The summed E-state index contributed by atoms with van der Waals surface area (Å²) in [5.41, 5.74) is 3.41. The van der Waals surface area contributed by atoms with Gasteiger partial charge in [0.25, 0.3) is 5.91 Å². The van der Waals surface area contributed by atoms with Gasteiger partial charge in [-0.15, -0.1) is 0 Å². The minimum Gasteiger partial charge on any atom is -0.355 e. The van der Waals surface area contributed by atoms with Crippen LogP contribution in [-0.2, 0) is 6.42 Å². The van der Waals surface area contributed by atoms with Gasteiger partial charge in [-0.05, 0) is 54.2 Å². The van der Waals surface area contributed by atoms with Crippen LogP contribution in [0.25, 0.3) is 11.0 Å². The summed E-state index contributed by atoms with van der Waals surface area (Å²) >= 11 is 11.5. The predicted molar refractivity (Wildman–Crippen MR) is 124 cm³/mol. The molecule has 0 spiro atoms. The Kier molecular flexibility index (Phi) is 6.07. The second kappa shape index (κ2) is 9.07. The second-order valence-corrected chi connectivity index (χ2v) is 7.65. The van der Waals surface area contributed by atoms with Gasteiger partial charge in [-0.2, -0.15) is 0 Å². The first kappa shape index (κ1) is 20.1. The molecule has 1 unspecified atom stereocenters. The van der Waals surface area contributed by atoms with E-state index in [0.717, 1.165) is 22.4 Å². The van der Waals surface area contributed by atoms with Crippen molar-refractivity contribution in [3.8, 4) is 0 Å². The Balaban J connectivity index is 1.53. The van der Waals surface area contributed by atoms with Gasteiger partial charge in [0.05, 0.1) is 17.1 Å². The van der Waals surface area contributed by atoms with E-state index >= 15 is 0 Å². The van der Waals surface area contributed by atoms with Gasteiger partial charge in [0.2, 0.25) is 0 Å². The number of benzene rings is 3. The number of nitrogens with one attached hydrogen (secondary N) is 3. The van der Waals surface area contributed by atoms with Crippen molar-refractivity contribution < 1.29 is 4.79 Å². The van der Waals surface area contributed by atoms with Gasteiger partial charge in [-0.3, -0.25) is 10.1 Å². The maximum Gasteiger partial charge on any atom is 0.257 e. The molecule has 0 bridgehead atoms. The van der Waals surface area contributed by atoms with Crippen LogP contribution < -0.4 is 10.6 Å². The van der Waals surface area contributed by atoms with Crippen LogP contribution in [-0.4, -0.2) is 21.0 Å². The van der Waals surface area contributed by atoms with Crippen LogP contribution in [0.3, 0.4) is 0 Å². The summed E-state index contributed by atoms with van der Waals surface area (Å²) in [5.74, 6) is 0.563. The van der Waals surface area contributed by atoms with E-state index in [1.54, 1.807) is 12.1 Å². The zero-order valence-corrected chi connectivity index (χ0v) is 17.5. The smallest absolute Gasteiger partial charge is 0.257 e. The van der Waals surface area contributed by atoms with Gasteiger partial charge in [0, 0.05) is 17.0 Å². The monoisotopic (exact) mass is 434 g/mol. The van der Waals surface area contributed by atoms with Gasteiger partial charge in [-0.1, -0.05) is 54.1 Å². The van der Waals surface area contributed by atoms with E-state index in [0.29, 0.717) is 17.0 Å². The topological polar surface area (TPSA) is 69.8 Å². The number of fused-ring (bicyclic) bond motifs is 1. The number of rotatable bonds is 5. The SMILES string of the molecule is O=C(NC(=S)NC(Cc1nc2ccccc2[nH]1)c1ccc(Cl)cc1)c1ccccc1. The highest BCUT2D eigenvalue weighted by Gasteiger charge is 2.17. The number of thiocarbonyl (C=S) groups is 1. The Hall–Kier alpha value is -3.22. The van der Waals surface area contributed by atoms with Crippen molar-refractivity contribution in [1.82, 2.24) is 20.6 Å². The molecule has 30 heavy (non-hydrogen) atoms. The molecule has 0 saturated heterocycles. The van der Waals surface area contributed by atoms with E-state index < -0.39 is 0 Å². The minimum absolute atomic E-state index is 0.202. The van der Waals surface area contributed by atoms with Gasteiger partial charge >= 0.3 is 0 Å². The van der Waals surface area contributed by atoms with Crippen molar-refractivity contribution >= 4 is 45.9 Å². The molecule has 3 N–H and O–H groups in total. The summed E-state index contributed by atoms with van der Waals surface area (Å²) < 4.78 is 0. The lowest BCUT2D eigenvalue weighted by Gasteiger charge is -2.20. The van der Waals surface area contributed by atoms with Gasteiger partial charge in [0.15, 0.2) is 5.11 Å². The van der Waals surface area contributed by atoms with Crippen molar-refractivity contribution in [2.45, 2.75) is 12.5 Å². The van der Waals surface area contributed by atoms with Crippen LogP contribution in [0.1, 0.15) is 27.8 Å². The summed E-state index contributed by atoms with van der Waals surface area (Å²) in [4.78, 5) is 20.4. The van der Waals surface area contributed by atoms with Gasteiger partial charge in [0.1, 0.15) is 5.82 Å². The van der Waals surface area contributed by atoms with E-state index in [-0.39, 0.29) is 17.1 Å². The third-order valence-corrected chi connectivity index (χ3v) is 5.15. The van der Waals surface area contributed by atoms with E-state index in [9.17, 15) is 4.79 Å². The summed E-state index contributed by atoms with van der Waals surface area (Å²) in [6.45, 7) is 0. The lowest BCUT2D eigenvalue weighted by Crippen LogP contribution is -2.41. The Morgan fingerprint density at radius 1 is 1.00 bits per heavy atom. The molecular weight excluding hydrogens is 416 g/mol. The molecule has 4 rings (SSSR count). The molecule has 0 fully saturated rings. The normalized spacial score (nSPS) is 11.8. The number of hydrogen-bond acceptors (Lipinski definition) is 3. The number of amides is 1. The Bertz CT molecular complexity index is 1140. The number of H-pyrrole nitrogens is 1. The van der Waals surface area contributed by atoms with Crippen molar-refractivity contribution in [3.63, 3.8) is 0 Å². The maximum absolute atomic E-state index is 12.4. The molecule has 0 radical (unpaired) electrons. The lowest BCUT2D eigenvalue weighted by atomic mass is 10.0. The molecule has 7 heteroatoms.